The molecule has 0 radical (unpaired) electrons. The van der Waals surface area contributed by atoms with Crippen LogP contribution in [0.5, 0.6) is 0 Å². The van der Waals surface area contributed by atoms with Gasteiger partial charge in [-0.25, -0.2) is 4.79 Å². The maximum Gasteiger partial charge on any atom is 0.373 e. The third-order valence-corrected chi connectivity index (χ3v) is 3.53. The van der Waals surface area contributed by atoms with Crippen molar-refractivity contribution < 1.29 is 19.2 Å². The molecule has 0 saturated heterocycles. The van der Waals surface area contributed by atoms with Crippen LogP contribution in [0.25, 0.3) is 6.08 Å². The zero-order chi connectivity index (χ0) is 16.0. The summed E-state index contributed by atoms with van der Waals surface area (Å²) in [5, 5.41) is 11.1. The van der Waals surface area contributed by atoms with E-state index >= 15 is 0 Å². The second-order valence-corrected chi connectivity index (χ2v) is 4.88. The predicted octanol–water partition coefficient (Wildman–Crippen LogP) is 3.61. The molecule has 1 rings (SSSR count). The number of nitro benzene ring substituents is 1. The largest absolute Gasteiger partial charge is 0.487 e. The minimum atomic E-state index is -0.645. The van der Waals surface area contributed by atoms with Crippen molar-refractivity contribution in [2.75, 3.05) is 13.2 Å². The van der Waals surface area contributed by atoms with Crippen LogP contribution in [0, 0.1) is 17.0 Å². The first-order valence-electron chi connectivity index (χ1n) is 6.37. The van der Waals surface area contributed by atoms with Gasteiger partial charge in [-0.05, 0) is 32.4 Å². The van der Waals surface area contributed by atoms with Crippen molar-refractivity contribution in [3.05, 3.63) is 43.6 Å². The van der Waals surface area contributed by atoms with Gasteiger partial charge in [0.25, 0.3) is 5.69 Å². The number of rotatable bonds is 6. The molecule has 0 aliphatic carbocycles. The molecule has 0 heterocycles. The van der Waals surface area contributed by atoms with E-state index in [-0.39, 0.29) is 24.7 Å². The van der Waals surface area contributed by atoms with E-state index in [4.69, 9.17) is 9.47 Å². The molecule has 7 heteroatoms. The Hall–Kier alpha value is -1.89. The highest BCUT2D eigenvalue weighted by Gasteiger charge is 2.20. The quantitative estimate of drug-likeness (QED) is 0.255. The number of esters is 1. The van der Waals surface area contributed by atoms with E-state index in [1.54, 1.807) is 26.8 Å². The van der Waals surface area contributed by atoms with Crippen molar-refractivity contribution in [3.63, 3.8) is 0 Å². The molecule has 0 bridgehead atoms. The zero-order valence-electron chi connectivity index (χ0n) is 12.0. The van der Waals surface area contributed by atoms with Gasteiger partial charge in [-0.3, -0.25) is 10.1 Å². The molecular weight excluding hydrogens is 342 g/mol. The summed E-state index contributed by atoms with van der Waals surface area (Å²) < 4.78 is 10.8. The second kappa shape index (κ2) is 7.78. The summed E-state index contributed by atoms with van der Waals surface area (Å²) >= 11 is 3.32. The SMILES string of the molecule is CCOC(=O)C(=Cc1c([N+](=O)[O-])ccc(Br)c1C)OCC. The lowest BCUT2D eigenvalue weighted by Gasteiger charge is -2.10. The second-order valence-electron chi connectivity index (χ2n) is 4.02. The highest BCUT2D eigenvalue weighted by Crippen LogP contribution is 2.30. The summed E-state index contributed by atoms with van der Waals surface area (Å²) in [6.45, 7) is 5.56. The lowest BCUT2D eigenvalue weighted by atomic mass is 10.1. The van der Waals surface area contributed by atoms with Gasteiger partial charge >= 0.3 is 5.97 Å². The third kappa shape index (κ3) is 4.29. The first-order valence-corrected chi connectivity index (χ1v) is 7.16. The topological polar surface area (TPSA) is 78.7 Å². The molecule has 1 aromatic carbocycles. The molecule has 0 saturated carbocycles. The molecule has 6 nitrogen and oxygen atoms in total. The van der Waals surface area contributed by atoms with Gasteiger partial charge < -0.3 is 9.47 Å². The molecule has 0 spiro atoms. The van der Waals surface area contributed by atoms with Crippen molar-refractivity contribution in [1.82, 2.24) is 0 Å². The third-order valence-electron chi connectivity index (χ3n) is 2.67. The maximum absolute atomic E-state index is 11.8. The van der Waals surface area contributed by atoms with Gasteiger partial charge in [0.05, 0.1) is 23.7 Å². The van der Waals surface area contributed by atoms with Crippen molar-refractivity contribution >= 4 is 33.7 Å². The Morgan fingerprint density at radius 2 is 1.95 bits per heavy atom. The number of nitrogens with zero attached hydrogens (tertiary/aromatic N) is 1. The smallest absolute Gasteiger partial charge is 0.373 e. The van der Waals surface area contributed by atoms with Crippen LogP contribution in [0.1, 0.15) is 25.0 Å². The molecule has 0 fully saturated rings. The summed E-state index contributed by atoms with van der Waals surface area (Å²) in [6.07, 6.45) is 1.35. The van der Waals surface area contributed by atoms with Gasteiger partial charge in [0, 0.05) is 16.6 Å². The van der Waals surface area contributed by atoms with Crippen molar-refractivity contribution in [2.45, 2.75) is 20.8 Å². The molecule has 0 atom stereocenters. The summed E-state index contributed by atoms with van der Waals surface area (Å²) in [4.78, 5) is 22.4. The van der Waals surface area contributed by atoms with Gasteiger partial charge in [-0.2, -0.15) is 0 Å². The molecule has 0 N–H and O–H groups in total. The Morgan fingerprint density at radius 1 is 1.33 bits per heavy atom. The normalized spacial score (nSPS) is 11.1. The molecule has 0 amide bonds. The van der Waals surface area contributed by atoms with Crippen LogP contribution in [0.2, 0.25) is 0 Å². The highest BCUT2D eigenvalue weighted by atomic mass is 79.9. The number of carbonyl (C=O) groups excluding carboxylic acids is 1. The first-order chi connectivity index (χ1) is 9.92. The molecule has 0 unspecified atom stereocenters. The van der Waals surface area contributed by atoms with Crippen molar-refractivity contribution in [1.29, 1.82) is 0 Å². The van der Waals surface area contributed by atoms with E-state index in [1.165, 1.54) is 12.1 Å². The average Bonchev–Trinajstić information content (AvgIpc) is 2.43. The molecule has 0 aromatic heterocycles. The highest BCUT2D eigenvalue weighted by molar-refractivity contribution is 9.10. The minimum Gasteiger partial charge on any atom is -0.487 e. The number of carbonyl (C=O) groups is 1. The molecule has 0 aliphatic rings. The average molecular weight is 358 g/mol. The zero-order valence-corrected chi connectivity index (χ0v) is 13.6. The number of nitro groups is 1. The van der Waals surface area contributed by atoms with Gasteiger partial charge in [0.15, 0.2) is 0 Å². The number of benzene rings is 1. The van der Waals surface area contributed by atoms with E-state index in [0.717, 1.165) is 0 Å². The van der Waals surface area contributed by atoms with Crippen LogP contribution in [0.3, 0.4) is 0 Å². The van der Waals surface area contributed by atoms with Crippen LogP contribution in [-0.2, 0) is 14.3 Å². The number of hydrogen-bond donors (Lipinski definition) is 0. The van der Waals surface area contributed by atoms with Crippen LogP contribution in [0.4, 0.5) is 5.69 Å². The first kappa shape index (κ1) is 17.2. The lowest BCUT2D eigenvalue weighted by molar-refractivity contribution is -0.385. The standard InChI is InChI=1S/C14H16BrNO5/c1-4-20-13(14(17)21-5-2)8-10-9(3)11(15)6-7-12(10)16(18)19/h6-8H,4-5H2,1-3H3. The van der Waals surface area contributed by atoms with E-state index in [9.17, 15) is 14.9 Å². The Morgan fingerprint density at radius 3 is 2.48 bits per heavy atom. The van der Waals surface area contributed by atoms with Gasteiger partial charge in [-0.1, -0.05) is 15.9 Å². The fourth-order valence-electron chi connectivity index (χ4n) is 1.68. The molecule has 114 valence electrons. The summed E-state index contributed by atoms with van der Waals surface area (Å²) in [5.41, 5.74) is 0.855. The van der Waals surface area contributed by atoms with Gasteiger partial charge in [-0.15, -0.1) is 0 Å². The van der Waals surface area contributed by atoms with Crippen LogP contribution in [-0.4, -0.2) is 24.1 Å². The van der Waals surface area contributed by atoms with Crippen LogP contribution in [0.15, 0.2) is 22.4 Å². The number of hydrogen-bond acceptors (Lipinski definition) is 5. The molecule has 21 heavy (non-hydrogen) atoms. The fraction of sp³-hybridized carbons (Fsp3) is 0.357. The Balaban J connectivity index is 3.41. The maximum atomic E-state index is 11.8. The summed E-state index contributed by atoms with van der Waals surface area (Å²) in [5.74, 6) is -0.698. The number of halogens is 1. The Kier molecular flexibility index (Phi) is 6.36. The molecule has 1 aromatic rings. The fourth-order valence-corrected chi connectivity index (χ4v) is 2.02. The lowest BCUT2D eigenvalue weighted by Crippen LogP contribution is -2.11. The van der Waals surface area contributed by atoms with Crippen LogP contribution >= 0.6 is 15.9 Å². The van der Waals surface area contributed by atoms with E-state index in [1.807, 2.05) is 0 Å². The van der Waals surface area contributed by atoms with Crippen molar-refractivity contribution in [3.8, 4) is 0 Å². The summed E-state index contributed by atoms with van der Waals surface area (Å²) in [7, 11) is 0. The van der Waals surface area contributed by atoms with E-state index in [0.29, 0.717) is 15.6 Å². The number of ether oxygens (including phenoxy) is 2. The van der Waals surface area contributed by atoms with Crippen molar-refractivity contribution in [2.24, 2.45) is 0 Å². The van der Waals surface area contributed by atoms with Gasteiger partial charge in [0.1, 0.15) is 0 Å². The monoisotopic (exact) mass is 357 g/mol. The minimum absolute atomic E-state index is 0.0522. The molecule has 0 aliphatic heterocycles. The predicted molar refractivity (Wildman–Crippen MR) is 81.8 cm³/mol. The van der Waals surface area contributed by atoms with Gasteiger partial charge in [0.2, 0.25) is 5.76 Å². The van der Waals surface area contributed by atoms with E-state index < -0.39 is 10.9 Å². The molecular formula is C14H16BrNO5. The summed E-state index contributed by atoms with van der Waals surface area (Å²) in [6, 6.07) is 2.97. The Bertz CT molecular complexity index is 583. The Labute approximate surface area is 131 Å². The van der Waals surface area contributed by atoms with Crippen LogP contribution < -0.4 is 0 Å². The van der Waals surface area contributed by atoms with E-state index in [2.05, 4.69) is 15.9 Å².